The summed E-state index contributed by atoms with van der Waals surface area (Å²) in [5.74, 6) is 0. The van der Waals surface area contributed by atoms with Crippen LogP contribution in [-0.2, 0) is 6.54 Å². The van der Waals surface area contributed by atoms with Crippen molar-refractivity contribution in [1.82, 2.24) is 4.57 Å². The van der Waals surface area contributed by atoms with Gasteiger partial charge in [-0.1, -0.05) is 0 Å². The molecule has 2 N–H and O–H groups in total. The van der Waals surface area contributed by atoms with Gasteiger partial charge in [-0.2, -0.15) is 0 Å². The first-order valence-corrected chi connectivity index (χ1v) is 5.25. The van der Waals surface area contributed by atoms with Gasteiger partial charge >= 0.3 is 0 Å². The minimum absolute atomic E-state index is 0.00998. The second kappa shape index (κ2) is 3.87. The third kappa shape index (κ3) is 2.69. The zero-order chi connectivity index (χ0) is 10.9. The SMILES string of the molecule is Cc1c(Br)ccc(=O)n1CC(C)(C)N. The lowest BCUT2D eigenvalue weighted by molar-refractivity contribution is 0.420. The first kappa shape index (κ1) is 11.5. The quantitative estimate of drug-likeness (QED) is 0.878. The predicted molar refractivity (Wildman–Crippen MR) is 61.4 cm³/mol. The highest BCUT2D eigenvalue weighted by molar-refractivity contribution is 9.10. The summed E-state index contributed by atoms with van der Waals surface area (Å²) < 4.78 is 2.62. The van der Waals surface area contributed by atoms with Gasteiger partial charge in [0.05, 0.1) is 0 Å². The summed E-state index contributed by atoms with van der Waals surface area (Å²) >= 11 is 3.39. The zero-order valence-electron chi connectivity index (χ0n) is 8.67. The number of nitrogens with two attached hydrogens (primary N) is 1. The Bertz CT molecular complexity index is 390. The van der Waals surface area contributed by atoms with Gasteiger partial charge in [-0.3, -0.25) is 4.79 Å². The molecule has 0 atom stereocenters. The van der Waals surface area contributed by atoms with Crippen molar-refractivity contribution in [2.45, 2.75) is 32.9 Å². The first-order chi connectivity index (χ1) is 6.31. The van der Waals surface area contributed by atoms with Crippen molar-refractivity contribution in [2.75, 3.05) is 0 Å². The number of rotatable bonds is 2. The van der Waals surface area contributed by atoms with Gasteiger partial charge in [-0.15, -0.1) is 0 Å². The van der Waals surface area contributed by atoms with Crippen LogP contribution in [0.2, 0.25) is 0 Å². The second-order valence-electron chi connectivity index (χ2n) is 4.18. The average Bonchev–Trinajstić information content (AvgIpc) is 2.04. The molecule has 0 unspecified atom stereocenters. The molecule has 0 aliphatic heterocycles. The Morgan fingerprint density at radius 3 is 2.57 bits per heavy atom. The van der Waals surface area contributed by atoms with Gasteiger partial charge in [-0.25, -0.2) is 0 Å². The lowest BCUT2D eigenvalue weighted by Crippen LogP contribution is -2.41. The highest BCUT2D eigenvalue weighted by atomic mass is 79.9. The summed E-state index contributed by atoms with van der Waals surface area (Å²) in [5.41, 5.74) is 6.40. The van der Waals surface area contributed by atoms with Crippen molar-refractivity contribution in [3.8, 4) is 0 Å². The number of hydrogen-bond acceptors (Lipinski definition) is 2. The zero-order valence-corrected chi connectivity index (χ0v) is 10.3. The van der Waals surface area contributed by atoms with Crippen LogP contribution in [-0.4, -0.2) is 10.1 Å². The molecule has 3 nitrogen and oxygen atoms in total. The standard InChI is InChI=1S/C10H15BrN2O/c1-7-8(11)4-5-9(14)13(7)6-10(2,3)12/h4-5H,6,12H2,1-3H3. The summed E-state index contributed by atoms with van der Waals surface area (Å²) in [4.78, 5) is 11.6. The van der Waals surface area contributed by atoms with E-state index in [9.17, 15) is 4.79 Å². The van der Waals surface area contributed by atoms with Crippen LogP contribution in [0.15, 0.2) is 21.4 Å². The first-order valence-electron chi connectivity index (χ1n) is 4.46. The van der Waals surface area contributed by atoms with Crippen molar-refractivity contribution in [3.63, 3.8) is 0 Å². The van der Waals surface area contributed by atoms with Crippen molar-refractivity contribution in [1.29, 1.82) is 0 Å². The van der Waals surface area contributed by atoms with Gasteiger partial charge in [0.2, 0.25) is 0 Å². The van der Waals surface area contributed by atoms with Crippen LogP contribution < -0.4 is 11.3 Å². The summed E-state index contributed by atoms with van der Waals surface area (Å²) in [7, 11) is 0. The molecule has 0 amide bonds. The maximum Gasteiger partial charge on any atom is 0.250 e. The second-order valence-corrected chi connectivity index (χ2v) is 5.03. The predicted octanol–water partition coefficient (Wildman–Crippen LogP) is 1.66. The summed E-state index contributed by atoms with van der Waals surface area (Å²) in [6, 6.07) is 3.31. The topological polar surface area (TPSA) is 48.0 Å². The molecule has 0 aliphatic rings. The molecule has 0 radical (unpaired) electrons. The molecule has 14 heavy (non-hydrogen) atoms. The van der Waals surface area contributed by atoms with Gasteiger partial charge in [0.15, 0.2) is 0 Å². The Kier molecular flexibility index (Phi) is 3.17. The minimum Gasteiger partial charge on any atom is -0.324 e. The van der Waals surface area contributed by atoms with Gasteiger partial charge in [0, 0.05) is 28.3 Å². The Hall–Kier alpha value is -0.610. The van der Waals surface area contributed by atoms with Gasteiger partial charge in [0.25, 0.3) is 5.56 Å². The van der Waals surface area contributed by atoms with E-state index in [1.165, 1.54) is 0 Å². The molecule has 78 valence electrons. The average molecular weight is 259 g/mol. The molecule has 1 heterocycles. The van der Waals surface area contributed by atoms with Gasteiger partial charge in [0.1, 0.15) is 0 Å². The van der Waals surface area contributed by atoms with Crippen LogP contribution in [0, 0.1) is 6.92 Å². The maximum atomic E-state index is 11.6. The smallest absolute Gasteiger partial charge is 0.250 e. The van der Waals surface area contributed by atoms with Crippen molar-refractivity contribution in [2.24, 2.45) is 5.73 Å². The molecular formula is C10H15BrN2O. The normalized spacial score (nSPS) is 11.8. The highest BCUT2D eigenvalue weighted by Crippen LogP contribution is 2.14. The van der Waals surface area contributed by atoms with Crippen LogP contribution in [0.4, 0.5) is 0 Å². The van der Waals surface area contributed by atoms with E-state index in [1.54, 1.807) is 16.7 Å². The fourth-order valence-electron chi connectivity index (χ4n) is 1.25. The molecular weight excluding hydrogens is 244 g/mol. The molecule has 0 saturated carbocycles. The summed E-state index contributed by atoms with van der Waals surface area (Å²) in [5, 5.41) is 0. The maximum absolute atomic E-state index is 11.6. The monoisotopic (exact) mass is 258 g/mol. The molecule has 0 aromatic carbocycles. The van der Waals surface area contributed by atoms with Crippen LogP contribution >= 0.6 is 15.9 Å². The van der Waals surface area contributed by atoms with Crippen molar-refractivity contribution >= 4 is 15.9 Å². The Labute approximate surface area is 92.1 Å². The largest absolute Gasteiger partial charge is 0.324 e. The van der Waals surface area contributed by atoms with E-state index in [4.69, 9.17) is 5.73 Å². The van der Waals surface area contributed by atoms with Gasteiger partial charge in [-0.05, 0) is 42.8 Å². The number of halogens is 1. The molecule has 0 aliphatic carbocycles. The van der Waals surface area contributed by atoms with E-state index in [0.29, 0.717) is 6.54 Å². The molecule has 4 heteroatoms. The molecule has 1 rings (SSSR count). The van der Waals surface area contributed by atoms with E-state index in [2.05, 4.69) is 15.9 Å². The van der Waals surface area contributed by atoms with Crippen LogP contribution in [0.3, 0.4) is 0 Å². The third-order valence-corrected chi connectivity index (χ3v) is 2.79. The summed E-state index contributed by atoms with van der Waals surface area (Å²) in [6.07, 6.45) is 0. The Morgan fingerprint density at radius 1 is 1.50 bits per heavy atom. The number of hydrogen-bond donors (Lipinski definition) is 1. The fraction of sp³-hybridized carbons (Fsp3) is 0.500. The highest BCUT2D eigenvalue weighted by Gasteiger charge is 2.14. The Morgan fingerprint density at radius 2 is 2.07 bits per heavy atom. The van der Waals surface area contributed by atoms with E-state index in [1.807, 2.05) is 20.8 Å². The fourth-order valence-corrected chi connectivity index (χ4v) is 1.60. The van der Waals surface area contributed by atoms with Crippen LogP contribution in [0.5, 0.6) is 0 Å². The molecule has 1 aromatic heterocycles. The van der Waals surface area contributed by atoms with E-state index < -0.39 is 0 Å². The third-order valence-electron chi connectivity index (χ3n) is 1.95. The van der Waals surface area contributed by atoms with Crippen molar-refractivity contribution in [3.05, 3.63) is 32.7 Å². The lowest BCUT2D eigenvalue weighted by atomic mass is 10.1. The summed E-state index contributed by atoms with van der Waals surface area (Å²) in [6.45, 7) is 6.23. The van der Waals surface area contributed by atoms with E-state index in [0.717, 1.165) is 10.2 Å². The van der Waals surface area contributed by atoms with E-state index >= 15 is 0 Å². The van der Waals surface area contributed by atoms with E-state index in [-0.39, 0.29) is 11.1 Å². The van der Waals surface area contributed by atoms with Crippen LogP contribution in [0.25, 0.3) is 0 Å². The number of nitrogens with zero attached hydrogens (tertiary/aromatic N) is 1. The molecule has 0 saturated heterocycles. The molecule has 0 spiro atoms. The lowest BCUT2D eigenvalue weighted by Gasteiger charge is -2.21. The van der Waals surface area contributed by atoms with Crippen LogP contribution in [0.1, 0.15) is 19.5 Å². The van der Waals surface area contributed by atoms with Crippen molar-refractivity contribution < 1.29 is 0 Å². The molecule has 0 bridgehead atoms. The Balaban J connectivity index is 3.20. The molecule has 0 fully saturated rings. The number of aromatic nitrogens is 1. The molecule has 1 aromatic rings. The van der Waals surface area contributed by atoms with Gasteiger partial charge < -0.3 is 10.3 Å². The minimum atomic E-state index is -0.380. The number of pyridine rings is 1.